The Morgan fingerprint density at radius 2 is 1.77 bits per heavy atom. The van der Waals surface area contributed by atoms with Gasteiger partial charge in [0, 0.05) is 41.2 Å². The Balaban J connectivity index is 1.53. The molecule has 8 heteroatoms. The molecule has 1 aromatic heterocycles. The van der Waals surface area contributed by atoms with Crippen LogP contribution in [0, 0.1) is 10.1 Å². The first-order chi connectivity index (χ1) is 15.0. The van der Waals surface area contributed by atoms with E-state index in [4.69, 9.17) is 0 Å². The summed E-state index contributed by atoms with van der Waals surface area (Å²) < 4.78 is 0. The summed E-state index contributed by atoms with van der Waals surface area (Å²) in [7, 11) is 0. The van der Waals surface area contributed by atoms with Crippen LogP contribution in [0.1, 0.15) is 35.7 Å². The number of piperazine rings is 1. The number of para-hydroxylation sites is 1. The zero-order valence-corrected chi connectivity index (χ0v) is 16.7. The maximum atomic E-state index is 13.4. The third kappa shape index (κ3) is 2.67. The number of nitro groups is 1. The van der Waals surface area contributed by atoms with Crippen molar-refractivity contribution in [3.8, 4) is 0 Å². The average molecular weight is 416 g/mol. The van der Waals surface area contributed by atoms with Crippen molar-refractivity contribution in [2.45, 2.75) is 37.4 Å². The van der Waals surface area contributed by atoms with Gasteiger partial charge in [-0.2, -0.15) is 0 Å². The van der Waals surface area contributed by atoms with E-state index in [2.05, 4.69) is 4.98 Å². The first kappa shape index (κ1) is 18.1. The van der Waals surface area contributed by atoms with Crippen LogP contribution in [0.25, 0.3) is 10.9 Å². The molecule has 156 valence electrons. The molecule has 0 spiro atoms. The Hall–Kier alpha value is -3.68. The third-order valence-corrected chi connectivity index (χ3v) is 6.70. The van der Waals surface area contributed by atoms with Gasteiger partial charge in [-0.3, -0.25) is 19.7 Å². The number of amides is 2. The molecular formula is C23H20N4O4. The van der Waals surface area contributed by atoms with Gasteiger partial charge in [0.1, 0.15) is 12.6 Å². The lowest BCUT2D eigenvalue weighted by molar-refractivity contribution is -0.384. The van der Waals surface area contributed by atoms with Crippen LogP contribution >= 0.6 is 0 Å². The normalized spacial score (nSPS) is 23.1. The fraction of sp³-hybridized carbons (Fsp3) is 0.304. The number of nitrogens with one attached hydrogen (secondary N) is 1. The van der Waals surface area contributed by atoms with Crippen LogP contribution in [0.4, 0.5) is 5.69 Å². The summed E-state index contributed by atoms with van der Waals surface area (Å²) >= 11 is 0. The highest BCUT2D eigenvalue weighted by Crippen LogP contribution is 2.44. The number of carbonyl (C=O) groups excluding carboxylic acids is 2. The molecule has 8 nitrogen and oxygen atoms in total. The summed E-state index contributed by atoms with van der Waals surface area (Å²) in [6.07, 6.45) is 2.38. The minimum Gasteiger partial charge on any atom is -0.356 e. The van der Waals surface area contributed by atoms with E-state index >= 15 is 0 Å². The summed E-state index contributed by atoms with van der Waals surface area (Å²) in [4.78, 5) is 44.3. The van der Waals surface area contributed by atoms with Crippen LogP contribution in [0.3, 0.4) is 0 Å². The molecule has 6 rings (SSSR count). The van der Waals surface area contributed by atoms with Crippen molar-refractivity contribution in [2.75, 3.05) is 6.54 Å². The van der Waals surface area contributed by atoms with Crippen LogP contribution in [-0.4, -0.2) is 50.1 Å². The Morgan fingerprint density at radius 3 is 2.48 bits per heavy atom. The molecule has 0 bridgehead atoms. The van der Waals surface area contributed by atoms with E-state index in [1.807, 2.05) is 24.3 Å². The van der Waals surface area contributed by atoms with Gasteiger partial charge < -0.3 is 14.8 Å². The zero-order valence-electron chi connectivity index (χ0n) is 16.7. The van der Waals surface area contributed by atoms with Gasteiger partial charge in [-0.25, -0.2) is 0 Å². The fourth-order valence-corrected chi connectivity index (χ4v) is 5.11. The second kappa shape index (κ2) is 6.41. The highest BCUT2D eigenvalue weighted by molar-refractivity contribution is 5.98. The lowest BCUT2D eigenvalue weighted by Gasteiger charge is -2.47. The first-order valence-corrected chi connectivity index (χ1v) is 10.5. The number of carbonyl (C=O) groups is 2. The second-order valence-electron chi connectivity index (χ2n) is 8.53. The second-order valence-corrected chi connectivity index (χ2v) is 8.53. The van der Waals surface area contributed by atoms with E-state index in [-0.39, 0.29) is 30.1 Å². The third-order valence-electron chi connectivity index (χ3n) is 6.70. The molecule has 3 aromatic rings. The summed E-state index contributed by atoms with van der Waals surface area (Å²) in [5.41, 5.74) is 3.63. The lowest BCUT2D eigenvalue weighted by Crippen LogP contribution is -2.63. The number of nitrogens with zero attached hydrogens (tertiary/aromatic N) is 3. The molecule has 0 radical (unpaired) electrons. The molecule has 2 atom stereocenters. The maximum absolute atomic E-state index is 13.4. The minimum absolute atomic E-state index is 0.00458. The number of benzene rings is 2. The van der Waals surface area contributed by atoms with Crippen molar-refractivity contribution in [1.82, 2.24) is 14.8 Å². The van der Waals surface area contributed by atoms with Crippen LogP contribution in [-0.2, 0) is 16.0 Å². The van der Waals surface area contributed by atoms with Crippen LogP contribution < -0.4 is 0 Å². The van der Waals surface area contributed by atoms with Crippen molar-refractivity contribution in [2.24, 2.45) is 0 Å². The number of hydrogen-bond acceptors (Lipinski definition) is 4. The van der Waals surface area contributed by atoms with Gasteiger partial charge in [0.25, 0.3) is 5.69 Å². The molecule has 0 unspecified atom stereocenters. The van der Waals surface area contributed by atoms with E-state index in [0.29, 0.717) is 6.42 Å². The topological polar surface area (TPSA) is 99.5 Å². The molecule has 3 heterocycles. The predicted octanol–water partition coefficient (Wildman–Crippen LogP) is 2.92. The Kier molecular flexibility index (Phi) is 3.74. The maximum Gasteiger partial charge on any atom is 0.269 e. The largest absolute Gasteiger partial charge is 0.356 e. The number of aromatic nitrogens is 1. The zero-order chi connectivity index (χ0) is 21.3. The molecule has 1 N–H and O–H groups in total. The fourth-order valence-electron chi connectivity index (χ4n) is 5.11. The Labute approximate surface area is 177 Å². The summed E-state index contributed by atoms with van der Waals surface area (Å²) in [5.74, 6) is -0.0749. The van der Waals surface area contributed by atoms with E-state index in [1.54, 1.807) is 21.9 Å². The molecule has 2 aromatic carbocycles. The first-order valence-electron chi connectivity index (χ1n) is 10.5. The van der Waals surface area contributed by atoms with E-state index in [9.17, 15) is 19.7 Å². The number of hydrogen-bond donors (Lipinski definition) is 1. The van der Waals surface area contributed by atoms with Crippen molar-refractivity contribution in [3.05, 3.63) is 75.5 Å². The number of aromatic amines is 1. The molecule has 2 amide bonds. The number of nitro benzene ring substituents is 1. The number of fused-ring (bicyclic) bond motifs is 4. The van der Waals surface area contributed by atoms with Crippen molar-refractivity contribution < 1.29 is 14.5 Å². The van der Waals surface area contributed by atoms with Gasteiger partial charge in [-0.15, -0.1) is 0 Å². The van der Waals surface area contributed by atoms with E-state index < -0.39 is 17.0 Å². The summed E-state index contributed by atoms with van der Waals surface area (Å²) in [6.45, 7) is 0.0963. The van der Waals surface area contributed by atoms with Crippen LogP contribution in [0.5, 0.6) is 0 Å². The molecule has 1 saturated carbocycles. The van der Waals surface area contributed by atoms with Gasteiger partial charge in [-0.1, -0.05) is 18.2 Å². The number of non-ortho nitro benzene ring substituents is 1. The molecule has 31 heavy (non-hydrogen) atoms. The Morgan fingerprint density at radius 1 is 1.03 bits per heavy atom. The SMILES string of the molecule is O=C1[C@H]2Cc3c([nH]c4ccccc34)[C@@H](c3ccc([N+](=O)[O-])cc3)N2C(=O)CN1C1CC1. The molecular weight excluding hydrogens is 396 g/mol. The van der Waals surface area contributed by atoms with Gasteiger partial charge in [0.15, 0.2) is 0 Å². The Bertz CT molecular complexity index is 1240. The van der Waals surface area contributed by atoms with Gasteiger partial charge in [-0.05, 0) is 42.2 Å². The number of H-pyrrole nitrogens is 1. The van der Waals surface area contributed by atoms with Crippen molar-refractivity contribution in [3.63, 3.8) is 0 Å². The minimum atomic E-state index is -0.561. The highest BCUT2D eigenvalue weighted by Gasteiger charge is 2.50. The standard InChI is InChI=1S/C23H20N4O4/c28-20-12-25(14-9-10-14)23(29)19-11-17-16-3-1-2-4-18(16)24-21(17)22(26(19)20)13-5-7-15(8-6-13)27(30)31/h1-8,14,19,22,24H,9-12H2/t19-,22-/m1/s1. The summed E-state index contributed by atoms with van der Waals surface area (Å²) in [6, 6.07) is 13.3. The average Bonchev–Trinajstić information content (AvgIpc) is 3.55. The summed E-state index contributed by atoms with van der Waals surface area (Å²) in [5, 5.41) is 12.2. The highest BCUT2D eigenvalue weighted by atomic mass is 16.6. The molecule has 2 aliphatic heterocycles. The lowest BCUT2D eigenvalue weighted by atomic mass is 9.86. The quantitative estimate of drug-likeness (QED) is 0.524. The van der Waals surface area contributed by atoms with Crippen LogP contribution in [0.15, 0.2) is 48.5 Å². The number of rotatable bonds is 3. The van der Waals surface area contributed by atoms with Gasteiger partial charge in [0.2, 0.25) is 11.8 Å². The smallest absolute Gasteiger partial charge is 0.269 e. The van der Waals surface area contributed by atoms with Gasteiger partial charge in [0.05, 0.1) is 11.0 Å². The van der Waals surface area contributed by atoms with Crippen molar-refractivity contribution >= 4 is 28.4 Å². The molecule has 1 saturated heterocycles. The van der Waals surface area contributed by atoms with E-state index in [0.717, 1.165) is 40.6 Å². The predicted molar refractivity (Wildman–Crippen MR) is 112 cm³/mol. The van der Waals surface area contributed by atoms with Gasteiger partial charge >= 0.3 is 0 Å². The van der Waals surface area contributed by atoms with Crippen molar-refractivity contribution in [1.29, 1.82) is 0 Å². The molecule has 1 aliphatic carbocycles. The van der Waals surface area contributed by atoms with Crippen LogP contribution in [0.2, 0.25) is 0 Å². The van der Waals surface area contributed by atoms with E-state index in [1.165, 1.54) is 12.1 Å². The molecule has 2 fully saturated rings. The molecule has 3 aliphatic rings. The monoisotopic (exact) mass is 416 g/mol.